The Kier molecular flexibility index (Phi) is 5.72. The molecule has 0 bridgehead atoms. The van der Waals surface area contributed by atoms with Gasteiger partial charge in [-0.3, -0.25) is 4.79 Å². The summed E-state index contributed by atoms with van der Waals surface area (Å²) in [5.74, 6) is 0.966. The van der Waals surface area contributed by atoms with Gasteiger partial charge < -0.3 is 9.42 Å². The Morgan fingerprint density at radius 3 is 2.46 bits per heavy atom. The highest BCUT2D eigenvalue weighted by molar-refractivity contribution is 6.30. The maximum Gasteiger partial charge on any atom is 0.254 e. The molecule has 0 radical (unpaired) electrons. The van der Waals surface area contributed by atoms with Gasteiger partial charge in [-0.25, -0.2) is 0 Å². The maximum absolute atomic E-state index is 13.2. The zero-order valence-electron chi connectivity index (χ0n) is 15.6. The van der Waals surface area contributed by atoms with Gasteiger partial charge in [0.05, 0.1) is 0 Å². The van der Waals surface area contributed by atoms with Gasteiger partial charge >= 0.3 is 0 Å². The SMILES string of the molecule is O=C(c1ccc(Cl)cc1)N(Cc1nc(-c2ccccc2)no1)C1CCCCC1. The number of hydrogen-bond acceptors (Lipinski definition) is 4. The third kappa shape index (κ3) is 4.25. The number of rotatable bonds is 5. The fourth-order valence-electron chi connectivity index (χ4n) is 3.69. The first-order valence-corrected chi connectivity index (χ1v) is 10.0. The number of halogens is 1. The van der Waals surface area contributed by atoms with Crippen LogP contribution in [0.25, 0.3) is 11.4 Å². The molecule has 1 aliphatic rings. The summed E-state index contributed by atoms with van der Waals surface area (Å²) in [4.78, 5) is 19.6. The summed E-state index contributed by atoms with van der Waals surface area (Å²) in [5.41, 5.74) is 1.52. The molecule has 0 saturated heterocycles. The van der Waals surface area contributed by atoms with Crippen molar-refractivity contribution in [2.45, 2.75) is 44.7 Å². The quantitative estimate of drug-likeness (QED) is 0.583. The third-order valence-corrected chi connectivity index (χ3v) is 5.43. The van der Waals surface area contributed by atoms with Gasteiger partial charge in [-0.15, -0.1) is 0 Å². The smallest absolute Gasteiger partial charge is 0.254 e. The summed E-state index contributed by atoms with van der Waals surface area (Å²) >= 11 is 5.98. The fourth-order valence-corrected chi connectivity index (χ4v) is 3.81. The normalized spacial score (nSPS) is 14.8. The molecule has 1 fully saturated rings. The third-order valence-electron chi connectivity index (χ3n) is 5.17. The summed E-state index contributed by atoms with van der Waals surface area (Å²) in [7, 11) is 0. The van der Waals surface area contributed by atoms with Crippen LogP contribution in [0.5, 0.6) is 0 Å². The van der Waals surface area contributed by atoms with Crippen molar-refractivity contribution in [2.24, 2.45) is 0 Å². The lowest BCUT2D eigenvalue weighted by molar-refractivity contribution is 0.0586. The summed E-state index contributed by atoms with van der Waals surface area (Å²) < 4.78 is 5.47. The van der Waals surface area contributed by atoms with Gasteiger partial charge in [0.15, 0.2) is 0 Å². The largest absolute Gasteiger partial charge is 0.337 e. The van der Waals surface area contributed by atoms with E-state index >= 15 is 0 Å². The monoisotopic (exact) mass is 395 g/mol. The number of nitrogens with zero attached hydrogens (tertiary/aromatic N) is 3. The number of carbonyl (C=O) groups excluding carboxylic acids is 1. The minimum absolute atomic E-state index is 0.0250. The molecule has 0 aliphatic heterocycles. The molecule has 1 amide bonds. The predicted molar refractivity (Wildman–Crippen MR) is 108 cm³/mol. The van der Waals surface area contributed by atoms with E-state index < -0.39 is 0 Å². The van der Waals surface area contributed by atoms with E-state index in [1.165, 1.54) is 6.42 Å². The van der Waals surface area contributed by atoms with Crippen LogP contribution in [-0.4, -0.2) is 27.0 Å². The van der Waals surface area contributed by atoms with Crippen LogP contribution in [0.2, 0.25) is 5.02 Å². The minimum atomic E-state index is -0.0250. The highest BCUT2D eigenvalue weighted by Gasteiger charge is 2.28. The van der Waals surface area contributed by atoms with Gasteiger partial charge in [0.25, 0.3) is 5.91 Å². The van der Waals surface area contributed by atoms with Crippen molar-refractivity contribution in [1.82, 2.24) is 15.0 Å². The fraction of sp³-hybridized carbons (Fsp3) is 0.318. The van der Waals surface area contributed by atoms with Crippen molar-refractivity contribution in [3.63, 3.8) is 0 Å². The molecule has 0 unspecified atom stereocenters. The van der Waals surface area contributed by atoms with E-state index in [9.17, 15) is 4.79 Å². The Morgan fingerprint density at radius 1 is 1.04 bits per heavy atom. The Labute approximate surface area is 169 Å². The van der Waals surface area contributed by atoms with E-state index in [0.717, 1.165) is 31.2 Å². The maximum atomic E-state index is 13.2. The number of aromatic nitrogens is 2. The average Bonchev–Trinajstić information content (AvgIpc) is 3.22. The summed E-state index contributed by atoms with van der Waals surface area (Å²) in [6.45, 7) is 0.311. The second-order valence-electron chi connectivity index (χ2n) is 7.11. The first-order chi connectivity index (χ1) is 13.7. The molecule has 28 heavy (non-hydrogen) atoms. The lowest BCUT2D eigenvalue weighted by atomic mass is 9.93. The van der Waals surface area contributed by atoms with Gasteiger partial charge in [-0.05, 0) is 37.1 Å². The van der Waals surface area contributed by atoms with E-state index in [0.29, 0.717) is 28.8 Å². The highest BCUT2D eigenvalue weighted by Crippen LogP contribution is 2.26. The number of carbonyl (C=O) groups is 1. The van der Waals surface area contributed by atoms with Crippen LogP contribution in [-0.2, 0) is 6.54 Å². The molecule has 1 saturated carbocycles. The van der Waals surface area contributed by atoms with Gasteiger partial charge in [0, 0.05) is 22.2 Å². The van der Waals surface area contributed by atoms with E-state index in [4.69, 9.17) is 16.1 Å². The first kappa shape index (κ1) is 18.7. The van der Waals surface area contributed by atoms with Gasteiger partial charge in [0.2, 0.25) is 11.7 Å². The highest BCUT2D eigenvalue weighted by atomic mass is 35.5. The van der Waals surface area contributed by atoms with E-state index in [1.54, 1.807) is 24.3 Å². The molecule has 3 aromatic rings. The number of benzene rings is 2. The molecule has 0 spiro atoms. The van der Waals surface area contributed by atoms with Crippen LogP contribution in [0.3, 0.4) is 0 Å². The van der Waals surface area contributed by atoms with Crippen molar-refractivity contribution in [2.75, 3.05) is 0 Å². The van der Waals surface area contributed by atoms with Crippen LogP contribution in [0.15, 0.2) is 59.1 Å². The minimum Gasteiger partial charge on any atom is -0.337 e. The van der Waals surface area contributed by atoms with Gasteiger partial charge in [0.1, 0.15) is 6.54 Å². The predicted octanol–water partition coefficient (Wildman–Crippen LogP) is 5.37. The van der Waals surface area contributed by atoms with Crippen molar-refractivity contribution in [1.29, 1.82) is 0 Å². The van der Waals surface area contributed by atoms with Gasteiger partial charge in [-0.1, -0.05) is 66.4 Å². The summed E-state index contributed by atoms with van der Waals surface area (Å²) in [6, 6.07) is 16.9. The molecule has 6 heteroatoms. The second kappa shape index (κ2) is 8.57. The zero-order valence-corrected chi connectivity index (χ0v) is 16.3. The lowest BCUT2D eigenvalue weighted by Crippen LogP contribution is -2.41. The molecule has 4 rings (SSSR count). The molecule has 144 valence electrons. The summed E-state index contributed by atoms with van der Waals surface area (Å²) in [6.07, 6.45) is 5.48. The molecule has 1 aromatic heterocycles. The number of hydrogen-bond donors (Lipinski definition) is 0. The lowest BCUT2D eigenvalue weighted by Gasteiger charge is -2.33. The van der Waals surface area contributed by atoms with Crippen LogP contribution in [0.4, 0.5) is 0 Å². The Hall–Kier alpha value is -2.66. The molecule has 1 heterocycles. The molecular weight excluding hydrogens is 374 g/mol. The van der Waals surface area contributed by atoms with Crippen molar-refractivity contribution < 1.29 is 9.32 Å². The Balaban J connectivity index is 1.58. The Morgan fingerprint density at radius 2 is 1.75 bits per heavy atom. The van der Waals surface area contributed by atoms with Crippen LogP contribution >= 0.6 is 11.6 Å². The van der Waals surface area contributed by atoms with Crippen LogP contribution in [0.1, 0.15) is 48.4 Å². The zero-order chi connectivity index (χ0) is 19.3. The van der Waals surface area contributed by atoms with Crippen LogP contribution < -0.4 is 0 Å². The number of amides is 1. The van der Waals surface area contributed by atoms with Gasteiger partial charge in [-0.2, -0.15) is 4.98 Å². The van der Waals surface area contributed by atoms with E-state index in [2.05, 4.69) is 10.1 Å². The topological polar surface area (TPSA) is 59.2 Å². The van der Waals surface area contributed by atoms with Crippen molar-refractivity contribution in [3.8, 4) is 11.4 Å². The second-order valence-corrected chi connectivity index (χ2v) is 7.55. The van der Waals surface area contributed by atoms with Crippen molar-refractivity contribution >= 4 is 17.5 Å². The standard InChI is InChI=1S/C22H22ClN3O2/c23-18-13-11-17(12-14-18)22(27)26(19-9-5-2-6-10-19)15-20-24-21(25-28-20)16-7-3-1-4-8-16/h1,3-4,7-8,11-14,19H,2,5-6,9-10,15H2. The van der Waals surface area contributed by atoms with E-state index in [1.807, 2.05) is 35.2 Å². The molecule has 1 aliphatic carbocycles. The molecular formula is C22H22ClN3O2. The average molecular weight is 396 g/mol. The summed E-state index contributed by atoms with van der Waals surface area (Å²) in [5, 5.41) is 4.70. The van der Waals surface area contributed by atoms with Crippen molar-refractivity contribution in [3.05, 3.63) is 71.1 Å². The van der Waals surface area contributed by atoms with Crippen LogP contribution in [0, 0.1) is 0 Å². The molecule has 0 atom stereocenters. The molecule has 5 nitrogen and oxygen atoms in total. The Bertz CT molecular complexity index is 918. The van der Waals surface area contributed by atoms with E-state index in [-0.39, 0.29) is 11.9 Å². The molecule has 0 N–H and O–H groups in total. The molecule has 2 aromatic carbocycles. The first-order valence-electron chi connectivity index (χ1n) is 9.65.